The summed E-state index contributed by atoms with van der Waals surface area (Å²) in [5.74, 6) is -2.35. The summed E-state index contributed by atoms with van der Waals surface area (Å²) in [5, 5.41) is 19.7. The average molecular weight is 298 g/mol. The van der Waals surface area contributed by atoms with Crippen molar-refractivity contribution in [1.82, 2.24) is 0 Å². The van der Waals surface area contributed by atoms with E-state index in [4.69, 9.17) is 0 Å². The second-order valence-corrected chi connectivity index (χ2v) is 5.59. The summed E-state index contributed by atoms with van der Waals surface area (Å²) < 4.78 is 0. The van der Waals surface area contributed by atoms with E-state index >= 15 is 0 Å². The van der Waals surface area contributed by atoms with Gasteiger partial charge in [0.2, 0.25) is 0 Å². The number of carbonyl (C=O) groups is 2. The molecule has 0 aliphatic heterocycles. The molecular formula is C18H18O4. The molecule has 0 bridgehead atoms. The van der Waals surface area contributed by atoms with Gasteiger partial charge in [-0.3, -0.25) is 9.59 Å². The normalized spacial score (nSPS) is 16.3. The van der Waals surface area contributed by atoms with Gasteiger partial charge in [0, 0.05) is 0 Å². The van der Waals surface area contributed by atoms with E-state index in [9.17, 15) is 19.8 Å². The fourth-order valence-electron chi connectivity index (χ4n) is 2.80. The molecule has 0 radical (unpaired) electrons. The highest BCUT2D eigenvalue weighted by Gasteiger charge is 2.57. The Balaban J connectivity index is 2.78. The van der Waals surface area contributed by atoms with Crippen molar-refractivity contribution in [3.63, 3.8) is 0 Å². The zero-order chi connectivity index (χ0) is 16.4. The Morgan fingerprint density at radius 1 is 0.682 bits per heavy atom. The molecule has 2 aromatic carbocycles. The van der Waals surface area contributed by atoms with Gasteiger partial charge in [0.25, 0.3) is 0 Å². The highest BCUT2D eigenvalue weighted by molar-refractivity contribution is 5.95. The van der Waals surface area contributed by atoms with E-state index in [0.29, 0.717) is 11.1 Å². The fraction of sp³-hybridized carbons (Fsp3) is 0.222. The first-order valence-electron chi connectivity index (χ1n) is 6.93. The molecule has 0 aliphatic carbocycles. The van der Waals surface area contributed by atoms with E-state index in [1.54, 1.807) is 60.7 Å². The summed E-state index contributed by atoms with van der Waals surface area (Å²) in [6.07, 6.45) is 0. The number of aliphatic carboxylic acids is 2. The molecule has 2 rings (SSSR count). The maximum Gasteiger partial charge on any atom is 0.315 e. The summed E-state index contributed by atoms with van der Waals surface area (Å²) in [5.41, 5.74) is -2.31. The van der Waals surface area contributed by atoms with Crippen LogP contribution in [0.25, 0.3) is 0 Å². The Labute approximate surface area is 129 Å². The Morgan fingerprint density at radius 2 is 0.955 bits per heavy atom. The smallest absolute Gasteiger partial charge is 0.315 e. The number of hydrogen-bond donors (Lipinski definition) is 2. The molecule has 0 saturated carbocycles. The van der Waals surface area contributed by atoms with Gasteiger partial charge in [-0.2, -0.15) is 0 Å². The van der Waals surface area contributed by atoms with Crippen molar-refractivity contribution in [3.05, 3.63) is 71.8 Å². The van der Waals surface area contributed by atoms with Gasteiger partial charge in [-0.25, -0.2) is 0 Å². The first kappa shape index (κ1) is 15.8. The molecule has 4 nitrogen and oxygen atoms in total. The van der Waals surface area contributed by atoms with Crippen molar-refractivity contribution < 1.29 is 19.8 Å². The van der Waals surface area contributed by atoms with Gasteiger partial charge in [0.15, 0.2) is 0 Å². The fourth-order valence-corrected chi connectivity index (χ4v) is 2.80. The zero-order valence-corrected chi connectivity index (χ0v) is 12.5. The third-order valence-corrected chi connectivity index (χ3v) is 4.56. The molecule has 22 heavy (non-hydrogen) atoms. The molecule has 0 heterocycles. The molecule has 114 valence electrons. The third-order valence-electron chi connectivity index (χ3n) is 4.56. The number of benzene rings is 2. The van der Waals surface area contributed by atoms with Crippen LogP contribution >= 0.6 is 0 Å². The molecule has 2 atom stereocenters. The second-order valence-electron chi connectivity index (χ2n) is 5.59. The van der Waals surface area contributed by atoms with Gasteiger partial charge < -0.3 is 10.2 Å². The highest BCUT2D eigenvalue weighted by atomic mass is 16.4. The minimum Gasteiger partial charge on any atom is -0.481 e. The third kappa shape index (κ3) is 2.17. The second kappa shape index (κ2) is 5.64. The van der Waals surface area contributed by atoms with Crippen molar-refractivity contribution >= 4 is 11.9 Å². The van der Waals surface area contributed by atoms with Gasteiger partial charge in [-0.05, 0) is 25.0 Å². The van der Waals surface area contributed by atoms with E-state index < -0.39 is 22.8 Å². The van der Waals surface area contributed by atoms with Crippen molar-refractivity contribution in [3.8, 4) is 0 Å². The highest BCUT2D eigenvalue weighted by Crippen LogP contribution is 2.44. The SMILES string of the molecule is CC(C(=O)O)(c1ccccc1)C(C)(C(=O)O)c1ccccc1. The van der Waals surface area contributed by atoms with E-state index in [1.165, 1.54) is 13.8 Å². The lowest BCUT2D eigenvalue weighted by atomic mass is 9.58. The van der Waals surface area contributed by atoms with E-state index in [1.807, 2.05) is 0 Å². The van der Waals surface area contributed by atoms with Crippen LogP contribution in [0.3, 0.4) is 0 Å². The number of carboxylic acids is 2. The summed E-state index contributed by atoms with van der Waals surface area (Å²) in [4.78, 5) is 24.2. The minimum atomic E-state index is -1.61. The van der Waals surface area contributed by atoms with Crippen LogP contribution in [0.15, 0.2) is 60.7 Å². The minimum absolute atomic E-state index is 0.455. The molecule has 0 aliphatic rings. The van der Waals surface area contributed by atoms with Crippen LogP contribution in [0.4, 0.5) is 0 Å². The summed E-state index contributed by atoms with van der Waals surface area (Å²) >= 11 is 0. The topological polar surface area (TPSA) is 74.6 Å². The zero-order valence-electron chi connectivity index (χ0n) is 12.5. The van der Waals surface area contributed by atoms with Crippen LogP contribution in [0.2, 0.25) is 0 Å². The molecule has 2 aromatic rings. The van der Waals surface area contributed by atoms with Crippen LogP contribution in [-0.4, -0.2) is 22.2 Å². The summed E-state index contributed by atoms with van der Waals surface area (Å²) in [7, 11) is 0. The van der Waals surface area contributed by atoms with Crippen LogP contribution < -0.4 is 0 Å². The standard InChI is InChI=1S/C18H18O4/c1-17(15(19)20,13-9-5-3-6-10-13)18(2,16(21)22)14-11-7-4-8-12-14/h3-12H,1-2H3,(H,19,20)(H,21,22). The van der Waals surface area contributed by atoms with Gasteiger partial charge in [-0.1, -0.05) is 60.7 Å². The van der Waals surface area contributed by atoms with E-state index in [-0.39, 0.29) is 0 Å². The Kier molecular flexibility index (Phi) is 4.04. The predicted molar refractivity (Wildman–Crippen MR) is 82.9 cm³/mol. The van der Waals surface area contributed by atoms with Gasteiger partial charge in [0.1, 0.15) is 10.8 Å². The van der Waals surface area contributed by atoms with Crippen molar-refractivity contribution in [1.29, 1.82) is 0 Å². The summed E-state index contributed by atoms with van der Waals surface area (Å²) in [6, 6.07) is 17.0. The van der Waals surface area contributed by atoms with Gasteiger partial charge in [-0.15, -0.1) is 0 Å². The monoisotopic (exact) mass is 298 g/mol. The predicted octanol–water partition coefficient (Wildman–Crippen LogP) is 3.07. The molecule has 2 unspecified atom stereocenters. The Hall–Kier alpha value is -2.62. The maximum atomic E-state index is 12.1. The molecule has 0 saturated heterocycles. The molecule has 0 amide bonds. The average Bonchev–Trinajstić information content (AvgIpc) is 2.54. The molecular weight excluding hydrogens is 280 g/mol. The number of carboxylic acid groups (broad SMARTS) is 2. The first-order valence-corrected chi connectivity index (χ1v) is 6.93. The van der Waals surface area contributed by atoms with Gasteiger partial charge in [0.05, 0.1) is 0 Å². The van der Waals surface area contributed by atoms with Crippen LogP contribution in [0, 0.1) is 0 Å². The lowest BCUT2D eigenvalue weighted by Gasteiger charge is -2.41. The largest absolute Gasteiger partial charge is 0.481 e. The van der Waals surface area contributed by atoms with E-state index in [2.05, 4.69) is 0 Å². The number of hydrogen-bond acceptors (Lipinski definition) is 2. The first-order chi connectivity index (χ1) is 10.3. The number of rotatable bonds is 5. The van der Waals surface area contributed by atoms with Crippen LogP contribution in [0.1, 0.15) is 25.0 Å². The molecule has 2 N–H and O–H groups in total. The molecule has 0 aromatic heterocycles. The quantitative estimate of drug-likeness (QED) is 0.889. The maximum absolute atomic E-state index is 12.1. The van der Waals surface area contributed by atoms with E-state index in [0.717, 1.165) is 0 Å². The lowest BCUT2D eigenvalue weighted by molar-refractivity contribution is -0.157. The Morgan fingerprint density at radius 3 is 1.18 bits per heavy atom. The molecule has 4 heteroatoms. The van der Waals surface area contributed by atoms with Crippen LogP contribution in [-0.2, 0) is 20.4 Å². The van der Waals surface area contributed by atoms with Crippen molar-refractivity contribution in [2.24, 2.45) is 0 Å². The van der Waals surface area contributed by atoms with Crippen LogP contribution in [0.5, 0.6) is 0 Å². The Bertz CT molecular complexity index is 619. The lowest BCUT2D eigenvalue weighted by Crippen LogP contribution is -2.55. The summed E-state index contributed by atoms with van der Waals surface area (Å²) in [6.45, 7) is 2.93. The van der Waals surface area contributed by atoms with Crippen molar-refractivity contribution in [2.45, 2.75) is 24.7 Å². The van der Waals surface area contributed by atoms with Crippen molar-refractivity contribution in [2.75, 3.05) is 0 Å². The van der Waals surface area contributed by atoms with Gasteiger partial charge >= 0.3 is 11.9 Å². The molecule has 0 spiro atoms. The molecule has 0 fully saturated rings.